The zero-order valence-electron chi connectivity index (χ0n) is 15.1. The molecule has 2 unspecified atom stereocenters. The standard InChI is InChI=1S/C19H26N4O3/c1-13(20)14-5-4-10-22(11-14)18(25)8-9-19(26)23-12-17(24)21-15-6-2-3-7-16(15)23/h2-3,6-7,13-14H,4-5,8-12,20H2,1H3,(H,21,24). The average molecular weight is 358 g/mol. The maximum Gasteiger partial charge on any atom is 0.244 e. The molecule has 7 heteroatoms. The van der Waals surface area contributed by atoms with Crippen LogP contribution >= 0.6 is 0 Å². The average Bonchev–Trinajstić information content (AvgIpc) is 2.65. The van der Waals surface area contributed by atoms with E-state index in [9.17, 15) is 14.4 Å². The first-order chi connectivity index (χ1) is 12.5. The van der Waals surface area contributed by atoms with E-state index in [4.69, 9.17) is 5.73 Å². The molecule has 26 heavy (non-hydrogen) atoms. The Balaban J connectivity index is 1.59. The Kier molecular flexibility index (Phi) is 5.56. The third kappa shape index (κ3) is 4.04. The van der Waals surface area contributed by atoms with Gasteiger partial charge < -0.3 is 20.9 Å². The van der Waals surface area contributed by atoms with Gasteiger partial charge in [-0.25, -0.2) is 0 Å². The Bertz CT molecular complexity index is 704. The molecule has 140 valence electrons. The van der Waals surface area contributed by atoms with Crippen molar-refractivity contribution in [2.75, 3.05) is 29.9 Å². The van der Waals surface area contributed by atoms with Gasteiger partial charge in [-0.3, -0.25) is 14.4 Å². The number of amides is 3. The maximum atomic E-state index is 12.6. The largest absolute Gasteiger partial charge is 0.342 e. The highest BCUT2D eigenvalue weighted by Crippen LogP contribution is 2.29. The summed E-state index contributed by atoms with van der Waals surface area (Å²) in [7, 11) is 0. The quantitative estimate of drug-likeness (QED) is 0.849. The molecule has 7 nitrogen and oxygen atoms in total. The molecule has 1 aromatic rings. The molecule has 0 radical (unpaired) electrons. The maximum absolute atomic E-state index is 12.6. The van der Waals surface area contributed by atoms with E-state index in [2.05, 4.69) is 5.32 Å². The second-order valence-corrected chi connectivity index (χ2v) is 7.15. The number of hydrogen-bond acceptors (Lipinski definition) is 4. The second-order valence-electron chi connectivity index (χ2n) is 7.15. The van der Waals surface area contributed by atoms with Crippen LogP contribution in [0.25, 0.3) is 0 Å². The summed E-state index contributed by atoms with van der Waals surface area (Å²) in [5, 5.41) is 2.76. The summed E-state index contributed by atoms with van der Waals surface area (Å²) in [5.74, 6) is -0.125. The van der Waals surface area contributed by atoms with Crippen LogP contribution in [0, 0.1) is 5.92 Å². The molecule has 0 spiro atoms. The number of nitrogens with one attached hydrogen (secondary N) is 1. The first-order valence-electron chi connectivity index (χ1n) is 9.18. The molecule has 2 aliphatic heterocycles. The summed E-state index contributed by atoms with van der Waals surface area (Å²) in [4.78, 5) is 40.2. The van der Waals surface area contributed by atoms with Crippen molar-refractivity contribution >= 4 is 29.1 Å². The van der Waals surface area contributed by atoms with E-state index in [1.807, 2.05) is 24.0 Å². The van der Waals surface area contributed by atoms with Crippen LogP contribution in [0.1, 0.15) is 32.6 Å². The van der Waals surface area contributed by atoms with Crippen molar-refractivity contribution in [2.24, 2.45) is 11.7 Å². The van der Waals surface area contributed by atoms with Crippen molar-refractivity contribution in [3.8, 4) is 0 Å². The Labute approximate surface area is 153 Å². The second kappa shape index (κ2) is 7.86. The summed E-state index contributed by atoms with van der Waals surface area (Å²) in [6, 6.07) is 7.26. The minimum atomic E-state index is -0.223. The molecule has 2 heterocycles. The van der Waals surface area contributed by atoms with E-state index >= 15 is 0 Å². The molecular formula is C19H26N4O3. The number of carbonyl (C=O) groups is 3. The smallest absolute Gasteiger partial charge is 0.244 e. The molecular weight excluding hydrogens is 332 g/mol. The molecule has 0 bridgehead atoms. The minimum Gasteiger partial charge on any atom is -0.342 e. The molecule has 3 N–H and O–H groups in total. The molecule has 0 aliphatic carbocycles. The molecule has 2 aliphatic rings. The topological polar surface area (TPSA) is 95.7 Å². The lowest BCUT2D eigenvalue weighted by atomic mass is 9.92. The van der Waals surface area contributed by atoms with E-state index in [1.165, 1.54) is 4.90 Å². The summed E-state index contributed by atoms with van der Waals surface area (Å²) in [5.41, 5.74) is 7.28. The first kappa shape index (κ1) is 18.4. The number of para-hydroxylation sites is 2. The SMILES string of the molecule is CC(N)C1CCCN(C(=O)CCC(=O)N2CC(=O)Nc3ccccc32)C1. The number of likely N-dealkylation sites (tertiary alicyclic amines) is 1. The van der Waals surface area contributed by atoms with E-state index in [0.29, 0.717) is 23.8 Å². The van der Waals surface area contributed by atoms with Gasteiger partial charge in [0, 0.05) is 32.0 Å². The van der Waals surface area contributed by atoms with E-state index < -0.39 is 0 Å². The summed E-state index contributed by atoms with van der Waals surface area (Å²) < 4.78 is 0. The third-order valence-corrected chi connectivity index (χ3v) is 5.18. The van der Waals surface area contributed by atoms with Gasteiger partial charge in [0.25, 0.3) is 0 Å². The first-order valence-corrected chi connectivity index (χ1v) is 9.18. The van der Waals surface area contributed by atoms with Crippen LogP contribution < -0.4 is 16.0 Å². The van der Waals surface area contributed by atoms with Crippen LogP contribution in [0.15, 0.2) is 24.3 Å². The predicted octanol–water partition coefficient (Wildman–Crippen LogP) is 1.34. The fourth-order valence-electron chi connectivity index (χ4n) is 3.63. The van der Waals surface area contributed by atoms with Crippen molar-refractivity contribution in [2.45, 2.75) is 38.6 Å². The zero-order valence-corrected chi connectivity index (χ0v) is 15.1. The highest BCUT2D eigenvalue weighted by Gasteiger charge is 2.29. The van der Waals surface area contributed by atoms with Gasteiger partial charge in [-0.1, -0.05) is 12.1 Å². The van der Waals surface area contributed by atoms with Crippen molar-refractivity contribution in [1.82, 2.24) is 4.90 Å². The third-order valence-electron chi connectivity index (χ3n) is 5.18. The Morgan fingerprint density at radius 2 is 2.00 bits per heavy atom. The number of carbonyl (C=O) groups excluding carboxylic acids is 3. The van der Waals surface area contributed by atoms with Crippen molar-refractivity contribution in [1.29, 1.82) is 0 Å². The van der Waals surface area contributed by atoms with E-state index in [0.717, 1.165) is 19.4 Å². The predicted molar refractivity (Wildman–Crippen MR) is 99.6 cm³/mol. The molecule has 0 saturated carbocycles. The Morgan fingerprint density at radius 1 is 1.27 bits per heavy atom. The molecule has 2 atom stereocenters. The van der Waals surface area contributed by atoms with E-state index in [1.54, 1.807) is 12.1 Å². The molecule has 1 aromatic carbocycles. The number of hydrogen-bond donors (Lipinski definition) is 2. The summed E-state index contributed by atoms with van der Waals surface area (Å²) >= 11 is 0. The highest BCUT2D eigenvalue weighted by atomic mass is 16.2. The molecule has 1 saturated heterocycles. The van der Waals surface area contributed by atoms with Crippen LogP contribution in [0.3, 0.4) is 0 Å². The lowest BCUT2D eigenvalue weighted by molar-refractivity contribution is -0.134. The molecule has 1 fully saturated rings. The zero-order chi connectivity index (χ0) is 18.7. The Hall–Kier alpha value is -2.41. The number of piperidine rings is 1. The highest BCUT2D eigenvalue weighted by molar-refractivity contribution is 6.10. The van der Waals surface area contributed by atoms with Gasteiger partial charge in [0.05, 0.1) is 11.4 Å². The van der Waals surface area contributed by atoms with Crippen molar-refractivity contribution < 1.29 is 14.4 Å². The van der Waals surface area contributed by atoms with Crippen molar-refractivity contribution in [3.63, 3.8) is 0 Å². The Morgan fingerprint density at radius 3 is 2.77 bits per heavy atom. The normalized spacial score (nSPS) is 21.0. The van der Waals surface area contributed by atoms with Gasteiger partial charge >= 0.3 is 0 Å². The van der Waals surface area contributed by atoms with Gasteiger partial charge in [0.2, 0.25) is 17.7 Å². The van der Waals surface area contributed by atoms with Crippen LogP contribution in [-0.2, 0) is 14.4 Å². The molecule has 3 amide bonds. The van der Waals surface area contributed by atoms with Crippen LogP contribution in [0.5, 0.6) is 0 Å². The minimum absolute atomic E-state index is 0.0134. The lowest BCUT2D eigenvalue weighted by Crippen LogP contribution is -2.46. The van der Waals surface area contributed by atoms with Crippen LogP contribution in [-0.4, -0.2) is 48.3 Å². The molecule has 0 aromatic heterocycles. The monoisotopic (exact) mass is 358 g/mol. The number of fused-ring (bicyclic) bond motifs is 1. The fraction of sp³-hybridized carbons (Fsp3) is 0.526. The van der Waals surface area contributed by atoms with Gasteiger partial charge in [-0.15, -0.1) is 0 Å². The van der Waals surface area contributed by atoms with E-state index in [-0.39, 0.29) is 43.1 Å². The van der Waals surface area contributed by atoms with Gasteiger partial charge in [0.15, 0.2) is 0 Å². The van der Waals surface area contributed by atoms with Crippen LogP contribution in [0.4, 0.5) is 11.4 Å². The molecule has 3 rings (SSSR count). The number of nitrogens with zero attached hydrogens (tertiary/aromatic N) is 2. The van der Waals surface area contributed by atoms with Gasteiger partial charge in [-0.05, 0) is 37.8 Å². The number of anilines is 2. The van der Waals surface area contributed by atoms with Gasteiger partial charge in [-0.2, -0.15) is 0 Å². The van der Waals surface area contributed by atoms with Crippen LogP contribution in [0.2, 0.25) is 0 Å². The fourth-order valence-corrected chi connectivity index (χ4v) is 3.63. The summed E-state index contributed by atoms with van der Waals surface area (Å²) in [6.07, 6.45) is 2.25. The number of nitrogens with two attached hydrogens (primary N) is 1. The number of rotatable bonds is 4. The van der Waals surface area contributed by atoms with Gasteiger partial charge in [0.1, 0.15) is 6.54 Å². The number of benzene rings is 1. The lowest BCUT2D eigenvalue weighted by Gasteiger charge is -2.35. The summed E-state index contributed by atoms with van der Waals surface area (Å²) in [6.45, 7) is 3.35. The van der Waals surface area contributed by atoms with Crippen molar-refractivity contribution in [3.05, 3.63) is 24.3 Å².